The number of nitrogens with zero attached hydrogens (tertiary/aromatic N) is 2. The first-order chi connectivity index (χ1) is 9.79. The average Bonchev–Trinajstić information content (AvgIpc) is 3.05. The van der Waals surface area contributed by atoms with Gasteiger partial charge in [0.05, 0.1) is 17.4 Å². The van der Waals surface area contributed by atoms with E-state index in [9.17, 15) is 0 Å². The summed E-state index contributed by atoms with van der Waals surface area (Å²) in [6.07, 6.45) is 1.83. The van der Waals surface area contributed by atoms with Gasteiger partial charge in [-0.15, -0.1) is 0 Å². The van der Waals surface area contributed by atoms with Gasteiger partial charge in [0, 0.05) is 12.2 Å². The van der Waals surface area contributed by atoms with Gasteiger partial charge < -0.3 is 19.8 Å². The van der Waals surface area contributed by atoms with E-state index < -0.39 is 0 Å². The summed E-state index contributed by atoms with van der Waals surface area (Å²) in [4.78, 5) is 4.38. The first-order valence-electron chi connectivity index (χ1n) is 6.38. The number of rotatable bonds is 2. The third-order valence-corrected chi connectivity index (χ3v) is 3.44. The molecule has 20 heavy (non-hydrogen) atoms. The molecular formula is C15H13N3O2. The van der Waals surface area contributed by atoms with Crippen molar-refractivity contribution in [3.8, 4) is 11.5 Å². The largest absolute Gasteiger partial charge is 0.454 e. The Morgan fingerprint density at radius 3 is 2.95 bits per heavy atom. The maximum Gasteiger partial charge on any atom is 0.231 e. The Bertz CT molecular complexity index is 795. The Morgan fingerprint density at radius 2 is 2.00 bits per heavy atom. The highest BCUT2D eigenvalue weighted by Gasteiger charge is 2.13. The van der Waals surface area contributed by atoms with Crippen molar-refractivity contribution in [2.24, 2.45) is 0 Å². The van der Waals surface area contributed by atoms with Gasteiger partial charge in [0.15, 0.2) is 11.5 Å². The van der Waals surface area contributed by atoms with Crippen LogP contribution in [0.3, 0.4) is 0 Å². The zero-order valence-electron chi connectivity index (χ0n) is 10.7. The number of ether oxygens (including phenoxy) is 2. The van der Waals surface area contributed by atoms with Crippen molar-refractivity contribution in [3.63, 3.8) is 0 Å². The van der Waals surface area contributed by atoms with Crippen LogP contribution in [0, 0.1) is 0 Å². The lowest BCUT2D eigenvalue weighted by Crippen LogP contribution is -1.98. The topological polar surface area (TPSA) is 62.3 Å². The standard InChI is InChI=1S/C15H13N3O2/c16-11-2-3-13-12(6-11)17-8-18(13)7-10-1-4-14-15(5-10)20-9-19-14/h1-6,8H,7,9,16H2. The van der Waals surface area contributed by atoms with Gasteiger partial charge in [0.25, 0.3) is 0 Å². The van der Waals surface area contributed by atoms with E-state index >= 15 is 0 Å². The van der Waals surface area contributed by atoms with Crippen LogP contribution in [-0.2, 0) is 6.54 Å². The van der Waals surface area contributed by atoms with Crippen LogP contribution in [0.25, 0.3) is 11.0 Å². The van der Waals surface area contributed by atoms with Crippen molar-refractivity contribution in [3.05, 3.63) is 48.3 Å². The number of benzene rings is 2. The smallest absolute Gasteiger partial charge is 0.231 e. The van der Waals surface area contributed by atoms with Crippen LogP contribution in [0.5, 0.6) is 11.5 Å². The molecule has 1 aliphatic heterocycles. The highest BCUT2D eigenvalue weighted by molar-refractivity contribution is 5.79. The van der Waals surface area contributed by atoms with Crippen molar-refractivity contribution in [2.75, 3.05) is 12.5 Å². The van der Waals surface area contributed by atoms with E-state index in [0.717, 1.165) is 40.3 Å². The molecule has 0 unspecified atom stereocenters. The first kappa shape index (κ1) is 11.2. The van der Waals surface area contributed by atoms with Crippen LogP contribution in [0.15, 0.2) is 42.7 Å². The number of fused-ring (bicyclic) bond motifs is 2. The van der Waals surface area contributed by atoms with E-state index in [1.807, 2.05) is 42.7 Å². The van der Waals surface area contributed by atoms with E-state index in [1.54, 1.807) is 0 Å². The number of aromatic nitrogens is 2. The quantitative estimate of drug-likeness (QED) is 0.724. The summed E-state index contributed by atoms with van der Waals surface area (Å²) >= 11 is 0. The Balaban J connectivity index is 1.70. The molecule has 0 saturated heterocycles. The van der Waals surface area contributed by atoms with E-state index in [0.29, 0.717) is 6.79 Å². The molecule has 1 aromatic heterocycles. The summed E-state index contributed by atoms with van der Waals surface area (Å²) < 4.78 is 12.8. The van der Waals surface area contributed by atoms with Gasteiger partial charge >= 0.3 is 0 Å². The monoisotopic (exact) mass is 267 g/mol. The minimum Gasteiger partial charge on any atom is -0.454 e. The van der Waals surface area contributed by atoms with Gasteiger partial charge in [-0.2, -0.15) is 0 Å². The number of nitrogens with two attached hydrogens (primary N) is 1. The second-order valence-electron chi connectivity index (χ2n) is 4.81. The Morgan fingerprint density at radius 1 is 1.10 bits per heavy atom. The normalized spacial score (nSPS) is 13.0. The molecular weight excluding hydrogens is 254 g/mol. The van der Waals surface area contributed by atoms with E-state index in [1.165, 1.54) is 0 Å². The number of nitrogen functional groups attached to an aromatic ring is 1. The van der Waals surface area contributed by atoms with Crippen LogP contribution in [0.4, 0.5) is 5.69 Å². The van der Waals surface area contributed by atoms with Crippen molar-refractivity contribution in [1.82, 2.24) is 9.55 Å². The van der Waals surface area contributed by atoms with E-state index in [2.05, 4.69) is 9.55 Å². The molecule has 2 N–H and O–H groups in total. The van der Waals surface area contributed by atoms with Gasteiger partial charge in [0.2, 0.25) is 6.79 Å². The van der Waals surface area contributed by atoms with E-state index in [-0.39, 0.29) is 0 Å². The lowest BCUT2D eigenvalue weighted by Gasteiger charge is -2.06. The van der Waals surface area contributed by atoms with Gasteiger partial charge in [-0.25, -0.2) is 4.98 Å². The number of hydrogen-bond donors (Lipinski definition) is 1. The van der Waals surface area contributed by atoms with Gasteiger partial charge in [-0.1, -0.05) is 6.07 Å². The van der Waals surface area contributed by atoms with Gasteiger partial charge in [0.1, 0.15) is 0 Å². The van der Waals surface area contributed by atoms with Crippen LogP contribution in [0.2, 0.25) is 0 Å². The Hall–Kier alpha value is -2.69. The lowest BCUT2D eigenvalue weighted by atomic mass is 10.2. The number of anilines is 1. The van der Waals surface area contributed by atoms with Crippen molar-refractivity contribution in [2.45, 2.75) is 6.54 Å². The molecule has 0 saturated carbocycles. The van der Waals surface area contributed by atoms with Crippen molar-refractivity contribution < 1.29 is 9.47 Å². The highest BCUT2D eigenvalue weighted by Crippen LogP contribution is 2.32. The summed E-state index contributed by atoms with van der Waals surface area (Å²) in [5.41, 5.74) is 9.61. The van der Waals surface area contributed by atoms with Crippen molar-refractivity contribution >= 4 is 16.7 Å². The molecule has 0 bridgehead atoms. The van der Waals surface area contributed by atoms with Crippen LogP contribution >= 0.6 is 0 Å². The second kappa shape index (κ2) is 4.16. The summed E-state index contributed by atoms with van der Waals surface area (Å²) in [6, 6.07) is 11.7. The minimum atomic E-state index is 0.298. The molecule has 0 aliphatic carbocycles. The molecule has 0 spiro atoms. The Labute approximate surface area is 115 Å². The molecule has 0 radical (unpaired) electrons. The molecule has 5 nitrogen and oxygen atoms in total. The fourth-order valence-corrected chi connectivity index (χ4v) is 2.44. The molecule has 2 heterocycles. The molecule has 100 valence electrons. The minimum absolute atomic E-state index is 0.298. The fourth-order valence-electron chi connectivity index (χ4n) is 2.44. The number of imidazole rings is 1. The lowest BCUT2D eigenvalue weighted by molar-refractivity contribution is 0.174. The molecule has 4 rings (SSSR count). The third kappa shape index (κ3) is 1.75. The zero-order valence-corrected chi connectivity index (χ0v) is 10.7. The summed E-state index contributed by atoms with van der Waals surface area (Å²) in [7, 11) is 0. The van der Waals surface area contributed by atoms with Crippen molar-refractivity contribution in [1.29, 1.82) is 0 Å². The fraction of sp³-hybridized carbons (Fsp3) is 0.133. The predicted molar refractivity (Wildman–Crippen MR) is 75.8 cm³/mol. The summed E-state index contributed by atoms with van der Waals surface area (Å²) in [5, 5.41) is 0. The molecule has 0 amide bonds. The number of hydrogen-bond acceptors (Lipinski definition) is 4. The molecule has 5 heteroatoms. The van der Waals surface area contributed by atoms with Crippen LogP contribution in [0.1, 0.15) is 5.56 Å². The van der Waals surface area contributed by atoms with Gasteiger partial charge in [-0.05, 0) is 35.9 Å². The molecule has 1 aliphatic rings. The molecule has 0 fully saturated rings. The van der Waals surface area contributed by atoms with Gasteiger partial charge in [-0.3, -0.25) is 0 Å². The molecule has 0 atom stereocenters. The van der Waals surface area contributed by atoms with E-state index in [4.69, 9.17) is 15.2 Å². The SMILES string of the molecule is Nc1ccc2c(c1)ncn2Cc1ccc2c(c1)OCO2. The Kier molecular flexibility index (Phi) is 2.32. The summed E-state index contributed by atoms with van der Waals surface area (Å²) in [6.45, 7) is 1.03. The second-order valence-corrected chi connectivity index (χ2v) is 4.81. The predicted octanol–water partition coefficient (Wildman–Crippen LogP) is 2.40. The van der Waals surface area contributed by atoms with Crippen LogP contribution < -0.4 is 15.2 Å². The average molecular weight is 267 g/mol. The third-order valence-electron chi connectivity index (χ3n) is 3.44. The maximum absolute atomic E-state index is 5.77. The zero-order chi connectivity index (χ0) is 13.5. The first-order valence-corrected chi connectivity index (χ1v) is 6.38. The maximum atomic E-state index is 5.77. The molecule has 2 aromatic carbocycles. The van der Waals surface area contributed by atoms with Crippen LogP contribution in [-0.4, -0.2) is 16.3 Å². The highest BCUT2D eigenvalue weighted by atomic mass is 16.7. The summed E-state index contributed by atoms with van der Waals surface area (Å²) in [5.74, 6) is 1.60. The molecule has 3 aromatic rings.